The van der Waals surface area contributed by atoms with Crippen LogP contribution < -0.4 is 0 Å². The van der Waals surface area contributed by atoms with E-state index in [1.807, 2.05) is 0 Å². The van der Waals surface area contributed by atoms with Crippen molar-refractivity contribution in [3.8, 4) is 0 Å². The molecule has 2 aromatic carbocycles. The molecule has 170 valence electrons. The van der Waals surface area contributed by atoms with Crippen molar-refractivity contribution in [3.63, 3.8) is 0 Å². The zero-order valence-corrected chi connectivity index (χ0v) is 17.0. The van der Waals surface area contributed by atoms with Crippen LogP contribution in [0.4, 0.5) is 26.3 Å². The summed E-state index contributed by atoms with van der Waals surface area (Å²) >= 11 is 0. The molecule has 1 aliphatic rings. The average Bonchev–Trinajstić information content (AvgIpc) is 2.67. The summed E-state index contributed by atoms with van der Waals surface area (Å²) < 4.78 is 131. The van der Waals surface area contributed by atoms with E-state index in [9.17, 15) is 43.2 Å². The fraction of sp³-hybridized carbons (Fsp3) is 0.294. The number of halogens is 6. The van der Waals surface area contributed by atoms with Crippen LogP contribution in [0.15, 0.2) is 46.2 Å². The van der Waals surface area contributed by atoms with Crippen molar-refractivity contribution in [2.75, 3.05) is 26.2 Å². The molecule has 1 aliphatic heterocycles. The third kappa shape index (κ3) is 4.56. The zero-order valence-electron chi connectivity index (χ0n) is 15.4. The number of nitrogens with zero attached hydrogens (tertiary/aromatic N) is 2. The Hall–Kier alpha value is -2.16. The van der Waals surface area contributed by atoms with E-state index in [0.717, 1.165) is 16.4 Å². The van der Waals surface area contributed by atoms with Crippen LogP contribution in [0, 0.1) is 17.5 Å². The summed E-state index contributed by atoms with van der Waals surface area (Å²) in [5.74, 6) is -3.71. The van der Waals surface area contributed by atoms with Crippen molar-refractivity contribution in [1.29, 1.82) is 0 Å². The molecule has 31 heavy (non-hydrogen) atoms. The van der Waals surface area contributed by atoms with Crippen molar-refractivity contribution in [3.05, 3.63) is 59.4 Å². The van der Waals surface area contributed by atoms with Crippen molar-refractivity contribution in [2.45, 2.75) is 16.0 Å². The first kappa shape index (κ1) is 23.5. The molecule has 0 radical (unpaired) electrons. The number of sulfonamides is 2. The van der Waals surface area contributed by atoms with Gasteiger partial charge in [-0.3, -0.25) is 0 Å². The van der Waals surface area contributed by atoms with Gasteiger partial charge in [0, 0.05) is 32.2 Å². The highest BCUT2D eigenvalue weighted by Crippen LogP contribution is 2.33. The summed E-state index contributed by atoms with van der Waals surface area (Å²) in [6, 6.07) is 2.80. The maximum atomic E-state index is 14.0. The first-order valence-electron chi connectivity index (χ1n) is 8.56. The topological polar surface area (TPSA) is 74.8 Å². The van der Waals surface area contributed by atoms with E-state index in [1.54, 1.807) is 0 Å². The quantitative estimate of drug-likeness (QED) is 0.621. The van der Waals surface area contributed by atoms with Gasteiger partial charge < -0.3 is 0 Å². The molecule has 0 saturated carbocycles. The lowest BCUT2D eigenvalue weighted by Crippen LogP contribution is -2.50. The largest absolute Gasteiger partial charge is 0.416 e. The molecule has 0 N–H and O–H groups in total. The maximum absolute atomic E-state index is 14.0. The third-order valence-electron chi connectivity index (χ3n) is 4.59. The Kier molecular flexibility index (Phi) is 6.12. The van der Waals surface area contributed by atoms with Gasteiger partial charge >= 0.3 is 6.18 Å². The molecule has 1 heterocycles. The smallest absolute Gasteiger partial charge is 0.207 e. The molecule has 0 unspecified atom stereocenters. The molecule has 2 aromatic rings. The molecule has 0 bridgehead atoms. The van der Waals surface area contributed by atoms with Gasteiger partial charge in [-0.25, -0.2) is 30.0 Å². The van der Waals surface area contributed by atoms with E-state index >= 15 is 0 Å². The molecule has 0 atom stereocenters. The lowest BCUT2D eigenvalue weighted by molar-refractivity contribution is -0.137. The third-order valence-corrected chi connectivity index (χ3v) is 8.43. The normalized spacial score (nSPS) is 17.1. The SMILES string of the molecule is O=S(=O)(c1ccc(F)cc1F)N1CCN(S(=O)(=O)c2cc(C(F)(F)F)ccc2F)CC1. The van der Waals surface area contributed by atoms with Crippen LogP contribution in [0.2, 0.25) is 0 Å². The van der Waals surface area contributed by atoms with Gasteiger partial charge in [0.1, 0.15) is 27.2 Å². The monoisotopic (exact) mass is 488 g/mol. The number of benzene rings is 2. The van der Waals surface area contributed by atoms with E-state index in [2.05, 4.69) is 0 Å². The molecule has 3 rings (SSSR count). The van der Waals surface area contributed by atoms with Gasteiger partial charge in [-0.15, -0.1) is 0 Å². The highest BCUT2D eigenvalue weighted by molar-refractivity contribution is 7.89. The summed E-state index contributed by atoms with van der Waals surface area (Å²) in [5, 5.41) is 0. The molecule has 0 aromatic heterocycles. The van der Waals surface area contributed by atoms with E-state index in [0.29, 0.717) is 22.5 Å². The lowest BCUT2D eigenvalue weighted by atomic mass is 10.2. The number of hydrogen-bond acceptors (Lipinski definition) is 4. The molecule has 0 spiro atoms. The molecule has 6 nitrogen and oxygen atoms in total. The van der Waals surface area contributed by atoms with Gasteiger partial charge in [0.15, 0.2) is 0 Å². The second-order valence-electron chi connectivity index (χ2n) is 6.53. The van der Waals surface area contributed by atoms with E-state index in [-0.39, 0.29) is 6.07 Å². The number of hydrogen-bond donors (Lipinski definition) is 0. The fourth-order valence-corrected chi connectivity index (χ4v) is 5.97. The van der Waals surface area contributed by atoms with Crippen molar-refractivity contribution >= 4 is 20.0 Å². The van der Waals surface area contributed by atoms with Gasteiger partial charge in [-0.2, -0.15) is 21.8 Å². The van der Waals surface area contributed by atoms with Crippen LogP contribution in [-0.2, 0) is 26.2 Å². The Bertz CT molecular complexity index is 1210. The lowest BCUT2D eigenvalue weighted by Gasteiger charge is -2.33. The van der Waals surface area contributed by atoms with Crippen LogP contribution in [0.3, 0.4) is 0 Å². The zero-order chi connectivity index (χ0) is 23.2. The van der Waals surface area contributed by atoms with Crippen LogP contribution in [0.25, 0.3) is 0 Å². The van der Waals surface area contributed by atoms with Crippen LogP contribution >= 0.6 is 0 Å². The van der Waals surface area contributed by atoms with Gasteiger partial charge in [-0.05, 0) is 30.3 Å². The molecule has 1 saturated heterocycles. The predicted octanol–water partition coefficient (Wildman–Crippen LogP) is 2.82. The number of rotatable bonds is 4. The Morgan fingerprint density at radius 1 is 0.677 bits per heavy atom. The Labute approximate surface area is 173 Å². The highest BCUT2D eigenvalue weighted by atomic mass is 32.2. The second kappa shape index (κ2) is 8.07. The number of piperazine rings is 1. The fourth-order valence-electron chi connectivity index (χ4n) is 2.99. The minimum atomic E-state index is -4.90. The Morgan fingerprint density at radius 2 is 1.19 bits per heavy atom. The maximum Gasteiger partial charge on any atom is 0.416 e. The highest BCUT2D eigenvalue weighted by Gasteiger charge is 2.38. The number of alkyl halides is 3. The molecular formula is C17H14F6N2O4S2. The van der Waals surface area contributed by atoms with Gasteiger partial charge in [-0.1, -0.05) is 0 Å². The van der Waals surface area contributed by atoms with Crippen LogP contribution in [0.1, 0.15) is 5.56 Å². The minimum absolute atomic E-state index is 0.168. The summed E-state index contributed by atoms with van der Waals surface area (Å²) in [5.41, 5.74) is -1.36. The first-order valence-corrected chi connectivity index (χ1v) is 11.4. The summed E-state index contributed by atoms with van der Waals surface area (Å²) in [6.07, 6.45) is -4.90. The van der Waals surface area contributed by atoms with Crippen molar-refractivity contribution in [2.24, 2.45) is 0 Å². The van der Waals surface area contributed by atoms with Crippen LogP contribution in [-0.4, -0.2) is 51.6 Å². The molecule has 0 aliphatic carbocycles. The molecule has 14 heteroatoms. The Morgan fingerprint density at radius 3 is 1.68 bits per heavy atom. The molecule has 1 fully saturated rings. The minimum Gasteiger partial charge on any atom is -0.207 e. The van der Waals surface area contributed by atoms with E-state index in [1.165, 1.54) is 0 Å². The van der Waals surface area contributed by atoms with E-state index in [4.69, 9.17) is 0 Å². The summed E-state index contributed by atoms with van der Waals surface area (Å²) in [6.45, 7) is -1.97. The van der Waals surface area contributed by atoms with Crippen molar-refractivity contribution in [1.82, 2.24) is 8.61 Å². The van der Waals surface area contributed by atoms with Gasteiger partial charge in [0.2, 0.25) is 20.0 Å². The van der Waals surface area contributed by atoms with Crippen LogP contribution in [0.5, 0.6) is 0 Å². The average molecular weight is 488 g/mol. The Balaban J connectivity index is 1.83. The second-order valence-corrected chi connectivity index (χ2v) is 10.3. The summed E-state index contributed by atoms with van der Waals surface area (Å²) in [4.78, 5) is -2.00. The standard InChI is InChI=1S/C17H14F6N2O4S2/c18-12-2-4-15(14(20)10-12)30(26,27)24-5-7-25(8-6-24)31(28,29)16-9-11(17(21,22)23)1-3-13(16)19/h1-4,9-10H,5-8H2. The molecule has 0 amide bonds. The van der Waals surface area contributed by atoms with Gasteiger partial charge in [0.25, 0.3) is 0 Å². The molecular weight excluding hydrogens is 474 g/mol. The predicted molar refractivity (Wildman–Crippen MR) is 95.3 cm³/mol. The summed E-state index contributed by atoms with van der Waals surface area (Å²) in [7, 11) is -9.14. The first-order chi connectivity index (χ1) is 14.2. The van der Waals surface area contributed by atoms with E-state index < -0.39 is 85.2 Å². The van der Waals surface area contributed by atoms with Gasteiger partial charge in [0.05, 0.1) is 5.56 Å². The van der Waals surface area contributed by atoms with Crippen molar-refractivity contribution < 1.29 is 43.2 Å².